The van der Waals surface area contributed by atoms with Gasteiger partial charge in [0.05, 0.1) is 13.2 Å². The van der Waals surface area contributed by atoms with Crippen LogP contribution in [0.25, 0.3) is 0 Å². The van der Waals surface area contributed by atoms with Crippen molar-refractivity contribution < 1.29 is 37.6 Å². The van der Waals surface area contributed by atoms with Crippen molar-refractivity contribution in [3.05, 3.63) is 109 Å². The standard InChI is InChI=1S/C44H70NO8P/c1-4-6-8-10-12-14-16-18-20-21-23-24-26-28-30-32-34-36-43(46)50-40-42(41-52-54(48,49)51-39-38-45-3)53-44(47)37-35-33-31-29-27-25-22-19-17-15-13-11-9-7-5-2/h6-9,12-15,18-20,22-24,27-30,42,45H,4-5,10-11,16-17,21,25-26,31-41H2,1-3H3,(H,48,49)/b8-6-,9-7-,14-12-,15-13-,20-18-,22-19-,24-23-,29-27-,30-28-. The number of hydrogen-bond acceptors (Lipinski definition) is 8. The fraction of sp³-hybridized carbons (Fsp3) is 0.545. The van der Waals surface area contributed by atoms with Gasteiger partial charge >= 0.3 is 19.8 Å². The topological polar surface area (TPSA) is 120 Å². The minimum absolute atomic E-state index is 0.0408. The zero-order valence-electron chi connectivity index (χ0n) is 33.4. The molecule has 0 amide bonds. The van der Waals surface area contributed by atoms with Crippen LogP contribution in [0.4, 0.5) is 0 Å². The van der Waals surface area contributed by atoms with Crippen molar-refractivity contribution in [3.8, 4) is 0 Å². The number of allylic oxidation sites excluding steroid dienone is 18. The van der Waals surface area contributed by atoms with Gasteiger partial charge in [-0.3, -0.25) is 18.6 Å². The van der Waals surface area contributed by atoms with Gasteiger partial charge < -0.3 is 19.7 Å². The molecule has 0 saturated heterocycles. The van der Waals surface area contributed by atoms with Crippen molar-refractivity contribution >= 4 is 19.8 Å². The van der Waals surface area contributed by atoms with E-state index in [0.29, 0.717) is 19.4 Å². The minimum atomic E-state index is -4.38. The summed E-state index contributed by atoms with van der Waals surface area (Å²) in [7, 11) is -2.70. The molecule has 0 fully saturated rings. The number of likely N-dealkylation sites (N-methyl/N-ethyl adjacent to an activating group) is 1. The number of esters is 2. The van der Waals surface area contributed by atoms with Crippen LogP contribution in [-0.4, -0.2) is 56.3 Å². The van der Waals surface area contributed by atoms with Crippen molar-refractivity contribution in [1.29, 1.82) is 0 Å². The molecular formula is C44H70NO8P. The van der Waals surface area contributed by atoms with E-state index in [1.54, 1.807) is 7.05 Å². The molecule has 0 rings (SSSR count). The van der Waals surface area contributed by atoms with Crippen LogP contribution in [0.5, 0.6) is 0 Å². The van der Waals surface area contributed by atoms with Gasteiger partial charge in [0, 0.05) is 19.4 Å². The first-order valence-electron chi connectivity index (χ1n) is 19.8. The van der Waals surface area contributed by atoms with E-state index in [0.717, 1.165) is 77.0 Å². The summed E-state index contributed by atoms with van der Waals surface area (Å²) in [6, 6.07) is 0. The largest absolute Gasteiger partial charge is 0.472 e. The van der Waals surface area contributed by atoms with Crippen LogP contribution in [0.1, 0.15) is 117 Å². The van der Waals surface area contributed by atoms with E-state index < -0.39 is 32.5 Å². The number of carbonyl (C=O) groups is 2. The summed E-state index contributed by atoms with van der Waals surface area (Å²) in [5, 5.41) is 2.81. The zero-order valence-corrected chi connectivity index (χ0v) is 34.3. The molecule has 0 aromatic carbocycles. The number of rotatable bonds is 35. The molecule has 0 aromatic rings. The molecule has 0 heterocycles. The monoisotopic (exact) mass is 771 g/mol. The van der Waals surface area contributed by atoms with Crippen molar-refractivity contribution in [3.63, 3.8) is 0 Å². The van der Waals surface area contributed by atoms with Crippen molar-refractivity contribution in [2.24, 2.45) is 0 Å². The molecule has 9 nitrogen and oxygen atoms in total. The first-order chi connectivity index (χ1) is 26.3. The molecule has 2 N–H and O–H groups in total. The third-order valence-corrected chi connectivity index (χ3v) is 8.37. The molecular weight excluding hydrogens is 701 g/mol. The van der Waals surface area contributed by atoms with Gasteiger partial charge in [-0.05, 0) is 96.9 Å². The Hall–Kier alpha value is -3.33. The maximum Gasteiger partial charge on any atom is 0.472 e. The summed E-state index contributed by atoms with van der Waals surface area (Å²) in [4.78, 5) is 34.9. The van der Waals surface area contributed by atoms with Crippen LogP contribution < -0.4 is 5.32 Å². The Morgan fingerprint density at radius 1 is 0.574 bits per heavy atom. The first kappa shape index (κ1) is 50.7. The summed E-state index contributed by atoms with van der Waals surface area (Å²) < 4.78 is 33.0. The third kappa shape index (κ3) is 38.4. The smallest absolute Gasteiger partial charge is 0.462 e. The molecule has 0 radical (unpaired) electrons. The Morgan fingerprint density at radius 2 is 1.00 bits per heavy atom. The van der Waals surface area contributed by atoms with E-state index in [4.69, 9.17) is 18.5 Å². The van der Waals surface area contributed by atoms with E-state index in [1.165, 1.54) is 0 Å². The lowest BCUT2D eigenvalue weighted by Gasteiger charge is -2.20. The summed E-state index contributed by atoms with van der Waals surface area (Å²) in [6.45, 7) is 3.84. The fourth-order valence-electron chi connectivity index (χ4n) is 4.46. The summed E-state index contributed by atoms with van der Waals surface area (Å²) >= 11 is 0. The van der Waals surface area contributed by atoms with Crippen molar-refractivity contribution in [2.45, 2.75) is 123 Å². The second-order valence-electron chi connectivity index (χ2n) is 12.3. The van der Waals surface area contributed by atoms with Crippen LogP contribution in [0.2, 0.25) is 0 Å². The van der Waals surface area contributed by atoms with Crippen LogP contribution in [-0.2, 0) is 32.7 Å². The Kier molecular flexibility index (Phi) is 36.9. The highest BCUT2D eigenvalue weighted by Crippen LogP contribution is 2.43. The molecule has 0 aliphatic rings. The molecule has 2 unspecified atom stereocenters. The normalized spacial score (nSPS) is 14.5. The highest BCUT2D eigenvalue weighted by atomic mass is 31.2. The Balaban J connectivity index is 4.47. The van der Waals surface area contributed by atoms with Crippen molar-refractivity contribution in [1.82, 2.24) is 5.32 Å². The molecule has 0 aromatic heterocycles. The zero-order chi connectivity index (χ0) is 39.6. The molecule has 0 spiro atoms. The third-order valence-electron chi connectivity index (χ3n) is 7.39. The lowest BCUT2D eigenvalue weighted by atomic mass is 10.2. The summed E-state index contributed by atoms with van der Waals surface area (Å²) in [6.07, 6.45) is 50.0. The minimum Gasteiger partial charge on any atom is -0.462 e. The SMILES string of the molecule is CC/C=C\C/C=C\C/C=C\C/C=C\C/C=C\CCCC(=O)OCC(COP(=O)(O)OCCNC)OC(=O)CCCC/C=C\C/C=C\C/C=C\C/C=C\CC. The molecule has 54 heavy (non-hydrogen) atoms. The van der Waals surface area contributed by atoms with Gasteiger partial charge in [-0.2, -0.15) is 0 Å². The number of carbonyl (C=O) groups excluding carboxylic acids is 2. The van der Waals surface area contributed by atoms with E-state index >= 15 is 0 Å². The quantitative estimate of drug-likeness (QED) is 0.0281. The number of phosphoric ester groups is 1. The molecule has 2 atom stereocenters. The van der Waals surface area contributed by atoms with Crippen LogP contribution in [0.15, 0.2) is 109 Å². The molecule has 0 saturated carbocycles. The lowest BCUT2D eigenvalue weighted by Crippen LogP contribution is -2.29. The molecule has 0 aliphatic carbocycles. The average molecular weight is 772 g/mol. The average Bonchev–Trinajstić information content (AvgIpc) is 3.15. The van der Waals surface area contributed by atoms with Gasteiger partial charge in [0.2, 0.25) is 0 Å². The van der Waals surface area contributed by atoms with E-state index in [1.807, 2.05) is 6.08 Å². The predicted molar refractivity (Wildman–Crippen MR) is 224 cm³/mol. The van der Waals surface area contributed by atoms with Crippen LogP contribution in [0.3, 0.4) is 0 Å². The van der Waals surface area contributed by atoms with E-state index in [9.17, 15) is 19.0 Å². The molecule has 304 valence electrons. The van der Waals surface area contributed by atoms with Crippen molar-refractivity contribution in [2.75, 3.05) is 33.4 Å². The Morgan fingerprint density at radius 3 is 1.46 bits per heavy atom. The Labute approximate surface area is 327 Å². The first-order valence-corrected chi connectivity index (χ1v) is 21.3. The summed E-state index contributed by atoms with van der Waals surface area (Å²) in [5.74, 6) is -0.939. The number of ether oxygens (including phenoxy) is 2. The number of hydrogen-bond donors (Lipinski definition) is 2. The van der Waals surface area contributed by atoms with Crippen LogP contribution >= 0.6 is 7.82 Å². The predicted octanol–water partition coefficient (Wildman–Crippen LogP) is 11.1. The number of phosphoric acid groups is 1. The number of unbranched alkanes of at least 4 members (excludes halogenated alkanes) is 3. The Bertz CT molecular complexity index is 1240. The lowest BCUT2D eigenvalue weighted by molar-refractivity contribution is -0.161. The molecule has 0 bridgehead atoms. The van der Waals surface area contributed by atoms with Gasteiger partial charge in [-0.25, -0.2) is 4.57 Å². The second kappa shape index (κ2) is 39.4. The highest BCUT2D eigenvalue weighted by molar-refractivity contribution is 7.47. The van der Waals surface area contributed by atoms with E-state index in [2.05, 4.69) is 122 Å². The van der Waals surface area contributed by atoms with Gasteiger partial charge in [-0.15, -0.1) is 0 Å². The molecule has 0 aliphatic heterocycles. The maximum absolute atomic E-state index is 12.6. The maximum atomic E-state index is 12.6. The van der Waals surface area contributed by atoms with Crippen LogP contribution in [0, 0.1) is 0 Å². The van der Waals surface area contributed by atoms with E-state index in [-0.39, 0.29) is 26.1 Å². The molecule has 10 heteroatoms. The fourth-order valence-corrected chi connectivity index (χ4v) is 5.21. The van der Waals surface area contributed by atoms with Gasteiger partial charge in [0.25, 0.3) is 0 Å². The summed E-state index contributed by atoms with van der Waals surface area (Å²) in [5.41, 5.74) is 0. The van der Waals surface area contributed by atoms with Gasteiger partial charge in [0.1, 0.15) is 6.61 Å². The van der Waals surface area contributed by atoms with Gasteiger partial charge in [0.15, 0.2) is 6.10 Å². The van der Waals surface area contributed by atoms with Gasteiger partial charge in [-0.1, -0.05) is 123 Å². The highest BCUT2D eigenvalue weighted by Gasteiger charge is 2.26. The second-order valence-corrected chi connectivity index (χ2v) is 13.8. The number of nitrogens with one attached hydrogen (secondary N) is 1.